The third-order valence-electron chi connectivity index (χ3n) is 7.41. The van der Waals surface area contributed by atoms with Gasteiger partial charge in [-0.15, -0.1) is 0 Å². The molecule has 0 radical (unpaired) electrons. The Morgan fingerprint density at radius 3 is 2.36 bits per heavy atom. The number of nitrogens with zero attached hydrogens (tertiary/aromatic N) is 4. The Bertz CT molecular complexity index is 1380. The summed E-state index contributed by atoms with van der Waals surface area (Å²) in [5.74, 6) is -0.680. The van der Waals surface area contributed by atoms with Crippen molar-refractivity contribution in [3.8, 4) is 11.3 Å². The molecule has 1 aliphatic rings. The van der Waals surface area contributed by atoms with E-state index in [0.717, 1.165) is 29.0 Å². The first-order chi connectivity index (χ1) is 21.2. The van der Waals surface area contributed by atoms with Gasteiger partial charge >= 0.3 is 6.18 Å². The van der Waals surface area contributed by atoms with Gasteiger partial charge in [0, 0.05) is 64.7 Å². The molecule has 8 nitrogen and oxygen atoms in total. The maximum absolute atomic E-state index is 13.9. The van der Waals surface area contributed by atoms with Crippen molar-refractivity contribution < 1.29 is 32.2 Å². The van der Waals surface area contributed by atoms with Gasteiger partial charge in [-0.3, -0.25) is 19.5 Å². The van der Waals surface area contributed by atoms with Crippen LogP contribution in [0.2, 0.25) is 0 Å². The minimum atomic E-state index is -4.46. The summed E-state index contributed by atoms with van der Waals surface area (Å²) >= 11 is 0. The molecule has 1 saturated heterocycles. The van der Waals surface area contributed by atoms with Gasteiger partial charge in [-0.05, 0) is 41.5 Å². The first-order valence-electron chi connectivity index (χ1n) is 14.4. The van der Waals surface area contributed by atoms with E-state index >= 15 is 0 Å². The second kappa shape index (κ2) is 15.6. The molecule has 1 atom stereocenters. The fraction of sp³-hybridized carbons (Fsp3) is 0.364. The molecule has 0 saturated carbocycles. The van der Waals surface area contributed by atoms with E-state index in [2.05, 4.69) is 9.88 Å². The van der Waals surface area contributed by atoms with E-state index in [1.54, 1.807) is 25.3 Å². The number of alkyl halides is 3. The van der Waals surface area contributed by atoms with Crippen LogP contribution in [0.25, 0.3) is 17.3 Å². The number of hydrogen-bond acceptors (Lipinski definition) is 6. The second-order valence-electron chi connectivity index (χ2n) is 10.5. The largest absolute Gasteiger partial charge is 0.416 e. The average molecular weight is 611 g/mol. The first kappa shape index (κ1) is 32.8. The van der Waals surface area contributed by atoms with Crippen LogP contribution in [-0.4, -0.2) is 97.7 Å². The molecule has 2 heterocycles. The number of benzene rings is 2. The number of pyridine rings is 1. The number of hydrogen-bond donors (Lipinski definition) is 0. The maximum atomic E-state index is 13.9. The summed E-state index contributed by atoms with van der Waals surface area (Å²) in [4.78, 5) is 37.3. The van der Waals surface area contributed by atoms with Crippen molar-refractivity contribution in [1.82, 2.24) is 19.7 Å². The normalized spacial score (nSPS) is 14.8. The van der Waals surface area contributed by atoms with Gasteiger partial charge in [0.25, 0.3) is 0 Å². The van der Waals surface area contributed by atoms with Crippen molar-refractivity contribution >= 4 is 17.9 Å². The third kappa shape index (κ3) is 9.22. The van der Waals surface area contributed by atoms with E-state index < -0.39 is 23.7 Å². The van der Waals surface area contributed by atoms with E-state index in [-0.39, 0.29) is 12.5 Å². The average Bonchev–Trinajstić information content (AvgIpc) is 3.04. The van der Waals surface area contributed by atoms with Gasteiger partial charge < -0.3 is 19.3 Å². The fourth-order valence-electron chi connectivity index (χ4n) is 4.83. The van der Waals surface area contributed by atoms with Crippen molar-refractivity contribution in [1.29, 1.82) is 0 Å². The summed E-state index contributed by atoms with van der Waals surface area (Å²) in [5, 5.41) is 0. The Kier molecular flexibility index (Phi) is 11.6. The summed E-state index contributed by atoms with van der Waals surface area (Å²) in [6, 6.07) is 17.0. The van der Waals surface area contributed by atoms with Gasteiger partial charge in [0.2, 0.25) is 11.8 Å². The number of likely N-dealkylation sites (N-methyl/N-ethyl adjacent to an activating group) is 1. The first-order valence-corrected chi connectivity index (χ1v) is 14.4. The van der Waals surface area contributed by atoms with Crippen LogP contribution in [0.3, 0.4) is 0 Å². The molecule has 44 heavy (non-hydrogen) atoms. The molecular formula is C33H37F3N4O4. The summed E-state index contributed by atoms with van der Waals surface area (Å²) in [7, 11) is 3.23. The van der Waals surface area contributed by atoms with Gasteiger partial charge in [-0.1, -0.05) is 42.5 Å². The van der Waals surface area contributed by atoms with E-state index in [1.165, 1.54) is 29.2 Å². The van der Waals surface area contributed by atoms with Crippen LogP contribution in [0.4, 0.5) is 13.2 Å². The van der Waals surface area contributed by atoms with Crippen LogP contribution in [-0.2, 0) is 31.8 Å². The number of amides is 2. The lowest BCUT2D eigenvalue weighted by molar-refractivity contribution is -0.145. The topological polar surface area (TPSA) is 75.2 Å². The van der Waals surface area contributed by atoms with Gasteiger partial charge in [0.05, 0.1) is 31.1 Å². The summed E-state index contributed by atoms with van der Waals surface area (Å²) in [6.45, 7) is 3.40. The molecule has 0 spiro atoms. The highest BCUT2D eigenvalue weighted by Gasteiger charge is 2.33. The second-order valence-corrected chi connectivity index (χ2v) is 10.5. The van der Waals surface area contributed by atoms with Gasteiger partial charge in [-0.2, -0.15) is 13.2 Å². The fourth-order valence-corrected chi connectivity index (χ4v) is 4.83. The van der Waals surface area contributed by atoms with Crippen LogP contribution < -0.4 is 0 Å². The quantitative estimate of drug-likeness (QED) is 0.279. The van der Waals surface area contributed by atoms with E-state index in [4.69, 9.17) is 9.47 Å². The van der Waals surface area contributed by atoms with Crippen molar-refractivity contribution in [3.05, 3.63) is 95.7 Å². The van der Waals surface area contributed by atoms with E-state index in [9.17, 15) is 22.8 Å². The van der Waals surface area contributed by atoms with Crippen molar-refractivity contribution in [2.75, 3.05) is 60.2 Å². The van der Waals surface area contributed by atoms with Gasteiger partial charge in [0.1, 0.15) is 6.04 Å². The molecule has 234 valence electrons. The SMILES string of the molecule is COCCN(C)C(=O)C(CN1CCOCC1)N(Cc1ccc(-c2ccccn2)cc1)C(=O)C=Cc1ccc(C(F)(F)F)cc1. The molecule has 2 aromatic carbocycles. The summed E-state index contributed by atoms with van der Waals surface area (Å²) < 4.78 is 49.8. The Morgan fingerprint density at radius 1 is 1.05 bits per heavy atom. The predicted molar refractivity (Wildman–Crippen MR) is 161 cm³/mol. The molecule has 1 aromatic heterocycles. The molecule has 0 aliphatic carbocycles. The Balaban J connectivity index is 1.64. The molecule has 2 amide bonds. The molecule has 4 rings (SSSR count). The van der Waals surface area contributed by atoms with Crippen LogP contribution in [0.5, 0.6) is 0 Å². The number of carbonyl (C=O) groups is 2. The number of halogens is 3. The number of rotatable bonds is 12. The predicted octanol–water partition coefficient (Wildman–Crippen LogP) is 4.62. The number of aromatic nitrogens is 1. The lowest BCUT2D eigenvalue weighted by Crippen LogP contribution is -2.56. The van der Waals surface area contributed by atoms with Crippen LogP contribution in [0.15, 0.2) is 79.0 Å². The number of ether oxygens (including phenoxy) is 2. The monoisotopic (exact) mass is 610 g/mol. The number of morpholine rings is 1. The maximum Gasteiger partial charge on any atom is 0.416 e. The van der Waals surface area contributed by atoms with Gasteiger partial charge in [0.15, 0.2) is 0 Å². The lowest BCUT2D eigenvalue weighted by Gasteiger charge is -2.37. The molecule has 0 N–H and O–H groups in total. The number of carbonyl (C=O) groups excluding carboxylic acids is 2. The van der Waals surface area contributed by atoms with Crippen molar-refractivity contribution in [3.63, 3.8) is 0 Å². The Hall–Kier alpha value is -4.06. The molecule has 0 bridgehead atoms. The minimum Gasteiger partial charge on any atom is -0.383 e. The molecule has 1 unspecified atom stereocenters. The minimum absolute atomic E-state index is 0.136. The highest BCUT2D eigenvalue weighted by Crippen LogP contribution is 2.29. The van der Waals surface area contributed by atoms with Crippen LogP contribution in [0, 0.1) is 0 Å². The molecular weight excluding hydrogens is 573 g/mol. The standard InChI is InChI=1S/C33H37F3N4O4/c1-38(17-20-43-2)32(42)30(24-39-18-21-44-22-19-39)40(23-26-6-11-27(12-7-26)29-5-3-4-16-37-29)31(41)15-10-25-8-13-28(14-9-25)33(34,35)36/h3-16,30H,17-24H2,1-2H3. The highest BCUT2D eigenvalue weighted by molar-refractivity contribution is 5.95. The zero-order chi connectivity index (χ0) is 31.5. The molecule has 3 aromatic rings. The molecule has 1 fully saturated rings. The number of methoxy groups -OCH3 is 1. The summed E-state index contributed by atoms with van der Waals surface area (Å²) in [5.41, 5.74) is 2.19. The smallest absolute Gasteiger partial charge is 0.383 e. The highest BCUT2D eigenvalue weighted by atomic mass is 19.4. The van der Waals surface area contributed by atoms with Gasteiger partial charge in [-0.25, -0.2) is 0 Å². The zero-order valence-corrected chi connectivity index (χ0v) is 24.9. The van der Waals surface area contributed by atoms with Crippen LogP contribution >= 0.6 is 0 Å². The van der Waals surface area contributed by atoms with E-state index in [1.807, 2.05) is 42.5 Å². The van der Waals surface area contributed by atoms with Crippen molar-refractivity contribution in [2.24, 2.45) is 0 Å². The Labute approximate surface area is 255 Å². The van der Waals surface area contributed by atoms with Crippen LogP contribution in [0.1, 0.15) is 16.7 Å². The zero-order valence-electron chi connectivity index (χ0n) is 24.9. The van der Waals surface area contributed by atoms with E-state index in [0.29, 0.717) is 51.6 Å². The molecule has 11 heteroatoms. The Morgan fingerprint density at radius 2 is 1.75 bits per heavy atom. The lowest BCUT2D eigenvalue weighted by atomic mass is 10.1. The third-order valence-corrected chi connectivity index (χ3v) is 7.41. The van der Waals surface area contributed by atoms with Crippen molar-refractivity contribution in [2.45, 2.75) is 18.8 Å². The molecule has 1 aliphatic heterocycles. The summed E-state index contributed by atoms with van der Waals surface area (Å²) in [6.07, 6.45) is 0.0294.